The first kappa shape index (κ1) is 17.4. The molecule has 1 aromatic carbocycles. The lowest BCUT2D eigenvalue weighted by Crippen LogP contribution is -2.48. The highest BCUT2D eigenvalue weighted by atomic mass is 32.2. The zero-order valence-electron chi connectivity index (χ0n) is 12.9. The standard InChI is InChI=1S/C15H20N3O4S/c1-11(14(16)19)15(20)18-9-7-12(8-10-18)17-23(21,22)13-5-3-2-4-6-13/h2-6,12,17H,7-10H2,1H3,(H2,16,19). The fourth-order valence-corrected chi connectivity index (χ4v) is 3.76. The Labute approximate surface area is 135 Å². The molecule has 3 N–H and O–H groups in total. The van der Waals surface area contributed by atoms with Crippen LogP contribution in [0.4, 0.5) is 0 Å². The van der Waals surface area contributed by atoms with Gasteiger partial charge in [0.15, 0.2) is 0 Å². The topological polar surface area (TPSA) is 110 Å². The van der Waals surface area contributed by atoms with Crippen LogP contribution < -0.4 is 10.5 Å². The average molecular weight is 338 g/mol. The van der Waals surface area contributed by atoms with Gasteiger partial charge in [-0.1, -0.05) is 18.2 Å². The molecule has 0 aromatic heterocycles. The maximum Gasteiger partial charge on any atom is 0.240 e. The van der Waals surface area contributed by atoms with Crippen LogP contribution >= 0.6 is 0 Å². The van der Waals surface area contributed by atoms with Gasteiger partial charge in [0.25, 0.3) is 0 Å². The lowest BCUT2D eigenvalue weighted by molar-refractivity contribution is -0.133. The molecule has 0 aliphatic carbocycles. The van der Waals surface area contributed by atoms with E-state index in [1.807, 2.05) is 0 Å². The van der Waals surface area contributed by atoms with Crippen molar-refractivity contribution >= 4 is 21.8 Å². The summed E-state index contributed by atoms with van der Waals surface area (Å²) in [6.45, 7) is 2.16. The number of nitrogens with one attached hydrogen (secondary N) is 1. The maximum atomic E-state index is 12.3. The lowest BCUT2D eigenvalue weighted by Gasteiger charge is -2.33. The number of primary amides is 1. The normalized spacial score (nSPS) is 16.5. The molecule has 23 heavy (non-hydrogen) atoms. The molecule has 0 atom stereocenters. The zero-order chi connectivity index (χ0) is 17.0. The highest BCUT2D eigenvalue weighted by molar-refractivity contribution is 7.89. The monoisotopic (exact) mass is 338 g/mol. The van der Waals surface area contributed by atoms with Crippen molar-refractivity contribution in [3.8, 4) is 0 Å². The van der Waals surface area contributed by atoms with Crippen LogP contribution in [0, 0.1) is 5.92 Å². The van der Waals surface area contributed by atoms with Crippen molar-refractivity contribution < 1.29 is 18.0 Å². The molecule has 8 heteroatoms. The average Bonchev–Trinajstić information content (AvgIpc) is 2.54. The van der Waals surface area contributed by atoms with Gasteiger partial charge in [0, 0.05) is 19.1 Å². The molecular formula is C15H20N3O4S. The molecule has 1 saturated heterocycles. The molecule has 7 nitrogen and oxygen atoms in total. The van der Waals surface area contributed by atoms with Crippen molar-refractivity contribution in [1.82, 2.24) is 9.62 Å². The summed E-state index contributed by atoms with van der Waals surface area (Å²) in [6, 6.07) is 7.91. The molecule has 1 fully saturated rings. The minimum Gasteiger partial charge on any atom is -0.369 e. The predicted molar refractivity (Wildman–Crippen MR) is 84.5 cm³/mol. The van der Waals surface area contributed by atoms with E-state index in [9.17, 15) is 18.0 Å². The molecule has 2 rings (SSSR count). The lowest BCUT2D eigenvalue weighted by atomic mass is 10.0. The molecule has 0 saturated carbocycles. The van der Waals surface area contributed by atoms with E-state index in [1.54, 1.807) is 18.2 Å². The van der Waals surface area contributed by atoms with Crippen molar-refractivity contribution in [3.05, 3.63) is 36.2 Å². The van der Waals surface area contributed by atoms with Crippen molar-refractivity contribution in [3.63, 3.8) is 0 Å². The van der Waals surface area contributed by atoms with Crippen LogP contribution in [0.1, 0.15) is 19.8 Å². The highest BCUT2D eigenvalue weighted by Gasteiger charge is 2.30. The summed E-state index contributed by atoms with van der Waals surface area (Å²) in [5.41, 5.74) is 5.10. The van der Waals surface area contributed by atoms with E-state index in [4.69, 9.17) is 5.73 Å². The first-order valence-electron chi connectivity index (χ1n) is 7.31. The van der Waals surface area contributed by atoms with Gasteiger partial charge in [0.2, 0.25) is 21.8 Å². The summed E-state index contributed by atoms with van der Waals surface area (Å²) in [5, 5.41) is 0. The Morgan fingerprint density at radius 1 is 1.17 bits per heavy atom. The molecule has 0 unspecified atom stereocenters. The van der Waals surface area contributed by atoms with E-state index in [0.717, 1.165) is 0 Å². The number of piperidine rings is 1. The Hall–Kier alpha value is -1.93. The maximum absolute atomic E-state index is 12.3. The smallest absolute Gasteiger partial charge is 0.240 e. The third kappa shape index (κ3) is 4.29. The number of benzene rings is 1. The van der Waals surface area contributed by atoms with Gasteiger partial charge in [-0.2, -0.15) is 0 Å². The zero-order valence-corrected chi connectivity index (χ0v) is 13.7. The number of nitrogens with two attached hydrogens (primary N) is 1. The van der Waals surface area contributed by atoms with Crippen LogP contribution in [0.15, 0.2) is 35.2 Å². The van der Waals surface area contributed by atoms with Crippen molar-refractivity contribution in [2.75, 3.05) is 13.1 Å². The second-order valence-electron chi connectivity index (χ2n) is 5.49. The van der Waals surface area contributed by atoms with Crippen LogP contribution in [-0.2, 0) is 19.6 Å². The molecule has 125 valence electrons. The molecule has 1 radical (unpaired) electrons. The van der Waals surface area contributed by atoms with Crippen molar-refractivity contribution in [1.29, 1.82) is 0 Å². The first-order chi connectivity index (χ1) is 10.8. The van der Waals surface area contributed by atoms with Gasteiger partial charge in [-0.05, 0) is 31.9 Å². The first-order valence-corrected chi connectivity index (χ1v) is 8.79. The van der Waals surface area contributed by atoms with Gasteiger partial charge in [-0.3, -0.25) is 9.59 Å². The SMILES string of the molecule is C[C](C(N)=O)C(=O)N1CCC(NS(=O)(=O)c2ccccc2)CC1. The van der Waals surface area contributed by atoms with Gasteiger partial charge in [-0.25, -0.2) is 13.1 Å². The molecule has 1 heterocycles. The molecular weight excluding hydrogens is 318 g/mol. The Kier molecular flexibility index (Phi) is 5.38. The number of carbonyl (C=O) groups is 2. The summed E-state index contributed by atoms with van der Waals surface area (Å²) >= 11 is 0. The van der Waals surface area contributed by atoms with Crippen molar-refractivity contribution in [2.24, 2.45) is 5.73 Å². The molecule has 1 aliphatic heterocycles. The second kappa shape index (κ2) is 7.10. The van der Waals surface area contributed by atoms with Gasteiger partial charge >= 0.3 is 0 Å². The Balaban J connectivity index is 1.93. The van der Waals surface area contributed by atoms with E-state index >= 15 is 0 Å². The number of rotatable bonds is 5. The Bertz CT molecular complexity index is 667. The van der Waals surface area contributed by atoms with Crippen LogP contribution in [0.2, 0.25) is 0 Å². The van der Waals surface area contributed by atoms with E-state index in [2.05, 4.69) is 4.72 Å². The van der Waals surface area contributed by atoms with Crippen LogP contribution in [-0.4, -0.2) is 44.3 Å². The van der Waals surface area contributed by atoms with Crippen molar-refractivity contribution in [2.45, 2.75) is 30.7 Å². The number of hydrogen-bond acceptors (Lipinski definition) is 4. The molecule has 0 bridgehead atoms. The summed E-state index contributed by atoms with van der Waals surface area (Å²) in [7, 11) is -3.56. The van der Waals surface area contributed by atoms with E-state index in [-0.39, 0.29) is 22.8 Å². The highest BCUT2D eigenvalue weighted by Crippen LogP contribution is 2.17. The van der Waals surface area contributed by atoms with Gasteiger partial charge in [0.1, 0.15) is 5.92 Å². The van der Waals surface area contributed by atoms with E-state index in [0.29, 0.717) is 25.9 Å². The number of amides is 2. The molecule has 0 spiro atoms. The largest absolute Gasteiger partial charge is 0.369 e. The third-order valence-corrected chi connectivity index (χ3v) is 5.38. The minimum atomic E-state index is -3.56. The van der Waals surface area contributed by atoms with E-state index < -0.39 is 15.9 Å². The van der Waals surface area contributed by atoms with Crippen LogP contribution in [0.3, 0.4) is 0 Å². The Morgan fingerprint density at radius 3 is 2.26 bits per heavy atom. The molecule has 2 amide bonds. The van der Waals surface area contributed by atoms with Gasteiger partial charge in [-0.15, -0.1) is 0 Å². The Morgan fingerprint density at radius 2 is 1.74 bits per heavy atom. The number of likely N-dealkylation sites (tertiary alicyclic amines) is 1. The number of nitrogens with zero attached hydrogens (tertiary/aromatic N) is 1. The molecule has 1 aromatic rings. The third-order valence-electron chi connectivity index (χ3n) is 3.85. The van der Waals surface area contributed by atoms with Gasteiger partial charge < -0.3 is 10.6 Å². The summed E-state index contributed by atoms with van der Waals surface area (Å²) in [4.78, 5) is 24.8. The quantitative estimate of drug-likeness (QED) is 0.738. The predicted octanol–water partition coefficient (Wildman–Crippen LogP) is 0.0356. The van der Waals surface area contributed by atoms with Crippen LogP contribution in [0.5, 0.6) is 0 Å². The molecule has 1 aliphatic rings. The summed E-state index contributed by atoms with van der Waals surface area (Å²) < 4.78 is 27.2. The summed E-state index contributed by atoms with van der Waals surface area (Å²) in [5.74, 6) is -1.13. The fourth-order valence-electron chi connectivity index (χ4n) is 2.43. The second-order valence-corrected chi connectivity index (χ2v) is 7.20. The van der Waals surface area contributed by atoms with Gasteiger partial charge in [0.05, 0.1) is 4.90 Å². The van der Waals surface area contributed by atoms with E-state index in [1.165, 1.54) is 24.0 Å². The summed E-state index contributed by atoms with van der Waals surface area (Å²) in [6.07, 6.45) is 0.980. The number of hydrogen-bond donors (Lipinski definition) is 2. The minimum absolute atomic E-state index is 0.00619. The fraction of sp³-hybridized carbons (Fsp3) is 0.400. The van der Waals surface area contributed by atoms with Crippen LogP contribution in [0.25, 0.3) is 0 Å². The number of carbonyl (C=O) groups excluding carboxylic acids is 2. The number of sulfonamides is 1.